The maximum absolute atomic E-state index is 12.6. The number of hydrogen-bond acceptors (Lipinski definition) is 7. The lowest BCUT2D eigenvalue weighted by Gasteiger charge is -2.34. The summed E-state index contributed by atoms with van der Waals surface area (Å²) in [5.41, 5.74) is 1.70. The highest BCUT2D eigenvalue weighted by Crippen LogP contribution is 2.26. The average molecular weight is 372 g/mol. The molecule has 1 saturated carbocycles. The third-order valence-electron chi connectivity index (χ3n) is 5.01. The van der Waals surface area contributed by atoms with Crippen LogP contribution in [0.25, 0.3) is 0 Å². The van der Waals surface area contributed by atoms with Gasteiger partial charge < -0.3 is 10.2 Å². The van der Waals surface area contributed by atoms with E-state index in [0.29, 0.717) is 30.6 Å². The van der Waals surface area contributed by atoms with Crippen LogP contribution >= 0.6 is 0 Å². The van der Waals surface area contributed by atoms with Crippen molar-refractivity contribution in [1.29, 1.82) is 0 Å². The Balaban J connectivity index is 1.75. The number of hydrogen-bond donors (Lipinski definition) is 1. The van der Waals surface area contributed by atoms with Gasteiger partial charge >= 0.3 is 0 Å². The Morgan fingerprint density at radius 1 is 1.26 bits per heavy atom. The smallest absolute Gasteiger partial charge is 0.239 e. The van der Waals surface area contributed by atoms with Gasteiger partial charge in [0.15, 0.2) is 5.82 Å². The summed E-state index contributed by atoms with van der Waals surface area (Å²) in [4.78, 5) is 21.4. The molecule has 0 radical (unpaired) electrons. The van der Waals surface area contributed by atoms with Crippen LogP contribution in [0.1, 0.15) is 43.4 Å². The Morgan fingerprint density at radius 2 is 2.04 bits per heavy atom. The second kappa shape index (κ2) is 8.94. The fourth-order valence-corrected chi connectivity index (χ4v) is 3.64. The normalized spacial score (nSPS) is 15.1. The fraction of sp³-hybridized carbons (Fsp3) is 0.579. The van der Waals surface area contributed by atoms with Crippen LogP contribution in [0.2, 0.25) is 0 Å². The average Bonchev–Trinajstić information content (AvgIpc) is 3.06. The highest BCUT2D eigenvalue weighted by molar-refractivity contribution is 5.91. The first-order valence-corrected chi connectivity index (χ1v) is 9.49. The van der Waals surface area contributed by atoms with Crippen LogP contribution < -0.4 is 10.2 Å². The number of nitrogens with one attached hydrogen (secondary N) is 1. The van der Waals surface area contributed by atoms with Gasteiger partial charge in [-0.15, -0.1) is 0 Å². The standard InChI is InChI=1S/C19H28N6O2/c1-14-18(23-27-22-14)21-17(26)13-25(16-9-5-4-6-10-16)12-15-8-7-11-20-19(15)24(2)3/h7-8,11,16H,4-6,9-10,12-13H2,1-3H3,(H,21,23,26). The van der Waals surface area contributed by atoms with Crippen molar-refractivity contribution in [3.63, 3.8) is 0 Å². The van der Waals surface area contributed by atoms with Crippen LogP contribution in [-0.4, -0.2) is 52.8 Å². The second-order valence-electron chi connectivity index (χ2n) is 7.32. The first-order chi connectivity index (χ1) is 13.0. The van der Waals surface area contributed by atoms with E-state index in [1.807, 2.05) is 25.1 Å². The van der Waals surface area contributed by atoms with Crippen molar-refractivity contribution in [3.05, 3.63) is 29.6 Å². The molecule has 2 aromatic heterocycles. The predicted octanol–water partition coefficient (Wildman–Crippen LogP) is 2.61. The lowest BCUT2D eigenvalue weighted by Crippen LogP contribution is -2.41. The summed E-state index contributed by atoms with van der Waals surface area (Å²) in [5.74, 6) is 1.23. The van der Waals surface area contributed by atoms with Gasteiger partial charge in [-0.05, 0) is 31.0 Å². The van der Waals surface area contributed by atoms with E-state index in [1.54, 1.807) is 13.1 Å². The van der Waals surface area contributed by atoms with Crippen molar-refractivity contribution in [1.82, 2.24) is 20.2 Å². The van der Waals surface area contributed by atoms with E-state index in [1.165, 1.54) is 19.3 Å². The van der Waals surface area contributed by atoms with Crippen LogP contribution in [-0.2, 0) is 11.3 Å². The zero-order chi connectivity index (χ0) is 19.2. The number of carbonyl (C=O) groups is 1. The Hall–Kier alpha value is -2.48. The highest BCUT2D eigenvalue weighted by Gasteiger charge is 2.25. The van der Waals surface area contributed by atoms with Crippen molar-refractivity contribution < 1.29 is 9.42 Å². The van der Waals surface area contributed by atoms with Gasteiger partial charge in [0.1, 0.15) is 11.5 Å². The van der Waals surface area contributed by atoms with Crippen molar-refractivity contribution in [2.45, 2.75) is 51.6 Å². The summed E-state index contributed by atoms with van der Waals surface area (Å²) in [6.07, 6.45) is 7.74. The molecule has 8 heteroatoms. The number of aromatic nitrogens is 3. The molecule has 1 aliphatic rings. The lowest BCUT2D eigenvalue weighted by atomic mass is 9.93. The molecule has 1 fully saturated rings. The molecule has 3 rings (SSSR count). The van der Waals surface area contributed by atoms with Crippen LogP contribution in [0.5, 0.6) is 0 Å². The Bertz CT molecular complexity index is 754. The second-order valence-corrected chi connectivity index (χ2v) is 7.32. The molecule has 0 unspecified atom stereocenters. The van der Waals surface area contributed by atoms with Gasteiger partial charge in [0.05, 0.1) is 6.54 Å². The zero-order valence-corrected chi connectivity index (χ0v) is 16.3. The van der Waals surface area contributed by atoms with Crippen LogP contribution in [0.15, 0.2) is 23.0 Å². The van der Waals surface area contributed by atoms with E-state index in [2.05, 4.69) is 36.2 Å². The molecule has 0 spiro atoms. The van der Waals surface area contributed by atoms with Gasteiger partial charge in [-0.25, -0.2) is 9.61 Å². The number of pyridine rings is 1. The number of carbonyl (C=O) groups excluding carboxylic acids is 1. The summed E-state index contributed by atoms with van der Waals surface area (Å²) in [6.45, 7) is 2.75. The van der Waals surface area contributed by atoms with Crippen LogP contribution in [0.4, 0.5) is 11.6 Å². The van der Waals surface area contributed by atoms with E-state index < -0.39 is 0 Å². The molecular weight excluding hydrogens is 344 g/mol. The molecule has 1 N–H and O–H groups in total. The first-order valence-electron chi connectivity index (χ1n) is 9.49. The predicted molar refractivity (Wildman–Crippen MR) is 104 cm³/mol. The minimum atomic E-state index is -0.102. The van der Waals surface area contributed by atoms with Gasteiger partial charge in [-0.2, -0.15) is 0 Å². The number of rotatable bonds is 7. The van der Waals surface area contributed by atoms with Gasteiger partial charge in [0, 0.05) is 38.4 Å². The molecular formula is C19H28N6O2. The topological polar surface area (TPSA) is 87.4 Å². The Kier molecular flexibility index (Phi) is 6.39. The number of aryl methyl sites for hydroxylation is 1. The molecule has 0 bridgehead atoms. The summed E-state index contributed by atoms with van der Waals surface area (Å²) < 4.78 is 4.66. The van der Waals surface area contributed by atoms with Crippen molar-refractivity contribution in [3.8, 4) is 0 Å². The third-order valence-corrected chi connectivity index (χ3v) is 5.01. The first kappa shape index (κ1) is 19.3. The van der Waals surface area contributed by atoms with Crippen molar-refractivity contribution in [2.24, 2.45) is 0 Å². The fourth-order valence-electron chi connectivity index (χ4n) is 3.64. The SMILES string of the molecule is Cc1nonc1NC(=O)CN(Cc1cccnc1N(C)C)C1CCCCC1. The van der Waals surface area contributed by atoms with Gasteiger partial charge in [0.2, 0.25) is 5.91 Å². The molecule has 146 valence electrons. The molecule has 0 aliphatic heterocycles. The molecule has 1 aliphatic carbocycles. The molecule has 1 amide bonds. The van der Waals surface area contributed by atoms with Gasteiger partial charge in [-0.3, -0.25) is 9.69 Å². The van der Waals surface area contributed by atoms with Crippen molar-refractivity contribution >= 4 is 17.5 Å². The van der Waals surface area contributed by atoms with E-state index >= 15 is 0 Å². The molecule has 27 heavy (non-hydrogen) atoms. The van der Waals surface area contributed by atoms with Crippen molar-refractivity contribution in [2.75, 3.05) is 30.9 Å². The number of anilines is 2. The molecule has 2 aromatic rings. The van der Waals surface area contributed by atoms with E-state index in [9.17, 15) is 4.79 Å². The minimum absolute atomic E-state index is 0.102. The van der Waals surface area contributed by atoms with Gasteiger partial charge in [-0.1, -0.05) is 30.5 Å². The number of amides is 1. The van der Waals surface area contributed by atoms with E-state index in [0.717, 1.165) is 24.2 Å². The summed E-state index contributed by atoms with van der Waals surface area (Å²) in [6, 6.07) is 4.43. The third kappa shape index (κ3) is 5.03. The van der Waals surface area contributed by atoms with Gasteiger partial charge in [0.25, 0.3) is 0 Å². The van der Waals surface area contributed by atoms with E-state index in [-0.39, 0.29) is 5.91 Å². The molecule has 0 saturated heterocycles. The monoisotopic (exact) mass is 372 g/mol. The maximum atomic E-state index is 12.6. The zero-order valence-electron chi connectivity index (χ0n) is 16.3. The lowest BCUT2D eigenvalue weighted by molar-refractivity contribution is -0.118. The summed E-state index contributed by atoms with van der Waals surface area (Å²) in [5, 5.41) is 10.3. The van der Waals surface area contributed by atoms with Crippen LogP contribution in [0, 0.1) is 6.92 Å². The quantitative estimate of drug-likeness (QED) is 0.799. The summed E-state index contributed by atoms with van der Waals surface area (Å²) in [7, 11) is 3.98. The molecule has 0 atom stereocenters. The number of nitrogens with zero attached hydrogens (tertiary/aromatic N) is 5. The molecule has 2 heterocycles. The van der Waals surface area contributed by atoms with E-state index in [4.69, 9.17) is 0 Å². The Labute approximate surface area is 159 Å². The molecule has 0 aromatic carbocycles. The minimum Gasteiger partial charge on any atom is -0.362 e. The van der Waals surface area contributed by atoms with Crippen LogP contribution in [0.3, 0.4) is 0 Å². The largest absolute Gasteiger partial charge is 0.362 e. The summed E-state index contributed by atoms with van der Waals surface area (Å²) >= 11 is 0. The maximum Gasteiger partial charge on any atom is 0.239 e. The Morgan fingerprint density at radius 3 is 2.70 bits per heavy atom. The molecule has 8 nitrogen and oxygen atoms in total. The highest BCUT2D eigenvalue weighted by atomic mass is 16.6.